The van der Waals surface area contributed by atoms with Crippen LogP contribution >= 0.6 is 11.6 Å². The molecular weight excluding hydrogens is 290 g/mol. The fourth-order valence-electron chi connectivity index (χ4n) is 2.60. The first-order valence-electron chi connectivity index (χ1n) is 6.32. The first kappa shape index (κ1) is 13.5. The van der Waals surface area contributed by atoms with Crippen LogP contribution in [-0.2, 0) is 0 Å². The molecule has 0 bridgehead atoms. The molecule has 4 nitrogen and oxygen atoms in total. The Kier molecular flexibility index (Phi) is 3.11. The highest BCUT2D eigenvalue weighted by Crippen LogP contribution is 2.31. The highest BCUT2D eigenvalue weighted by Gasteiger charge is 2.20. The fraction of sp³-hybridized carbons (Fsp3) is 0.0625. The van der Waals surface area contributed by atoms with Gasteiger partial charge in [-0.1, -0.05) is 11.6 Å². The second kappa shape index (κ2) is 4.82. The van der Waals surface area contributed by atoms with E-state index in [4.69, 9.17) is 11.6 Å². The van der Waals surface area contributed by atoms with Gasteiger partial charge in [-0.25, -0.2) is 4.79 Å². The van der Waals surface area contributed by atoms with Gasteiger partial charge in [0.25, 0.3) is 0 Å². The summed E-state index contributed by atoms with van der Waals surface area (Å²) in [6, 6.07) is 11.9. The first-order valence-corrected chi connectivity index (χ1v) is 6.70. The third kappa shape index (κ3) is 2.14. The van der Waals surface area contributed by atoms with E-state index in [1.807, 2.05) is 16.7 Å². The SMILES string of the molecule is Cc1c(C(=O)O)c2cc(O)ccc2n1-c1ccc(Cl)cc1. The number of rotatable bonds is 2. The largest absolute Gasteiger partial charge is 0.508 e. The zero-order valence-electron chi connectivity index (χ0n) is 11.2. The summed E-state index contributed by atoms with van der Waals surface area (Å²) in [7, 11) is 0. The number of phenols is 1. The molecule has 0 unspecified atom stereocenters. The lowest BCUT2D eigenvalue weighted by atomic mass is 10.1. The van der Waals surface area contributed by atoms with Gasteiger partial charge in [0, 0.05) is 21.8 Å². The maximum atomic E-state index is 11.5. The molecule has 21 heavy (non-hydrogen) atoms. The molecule has 0 radical (unpaired) electrons. The van der Waals surface area contributed by atoms with Crippen molar-refractivity contribution in [1.29, 1.82) is 0 Å². The summed E-state index contributed by atoms with van der Waals surface area (Å²) < 4.78 is 1.84. The maximum Gasteiger partial charge on any atom is 0.338 e. The summed E-state index contributed by atoms with van der Waals surface area (Å²) in [5.41, 5.74) is 2.34. The molecular formula is C16H12ClNO3. The van der Waals surface area contributed by atoms with Crippen LogP contribution in [0.5, 0.6) is 5.75 Å². The van der Waals surface area contributed by atoms with E-state index in [1.54, 1.807) is 31.2 Å². The van der Waals surface area contributed by atoms with Crippen molar-refractivity contribution in [2.24, 2.45) is 0 Å². The number of phenolic OH excluding ortho intramolecular Hbond substituents is 1. The molecule has 0 aliphatic carbocycles. The zero-order chi connectivity index (χ0) is 15.1. The maximum absolute atomic E-state index is 11.5. The molecule has 0 saturated heterocycles. The summed E-state index contributed by atoms with van der Waals surface area (Å²) >= 11 is 5.90. The number of carbonyl (C=O) groups is 1. The number of benzene rings is 2. The minimum Gasteiger partial charge on any atom is -0.508 e. The molecule has 2 aromatic carbocycles. The summed E-state index contributed by atoms with van der Waals surface area (Å²) in [5.74, 6) is -0.978. The lowest BCUT2D eigenvalue weighted by molar-refractivity contribution is 0.0698. The van der Waals surface area contributed by atoms with Crippen molar-refractivity contribution in [2.45, 2.75) is 6.92 Å². The molecule has 0 atom stereocenters. The highest BCUT2D eigenvalue weighted by molar-refractivity contribution is 6.30. The van der Waals surface area contributed by atoms with E-state index in [2.05, 4.69) is 0 Å². The molecule has 5 heteroatoms. The molecule has 3 aromatic rings. The normalized spacial score (nSPS) is 11.0. The van der Waals surface area contributed by atoms with E-state index in [1.165, 1.54) is 6.07 Å². The van der Waals surface area contributed by atoms with E-state index in [9.17, 15) is 15.0 Å². The summed E-state index contributed by atoms with van der Waals surface area (Å²) in [4.78, 5) is 11.5. The number of carboxylic acids is 1. The van der Waals surface area contributed by atoms with Crippen molar-refractivity contribution >= 4 is 28.5 Å². The number of aromatic carboxylic acids is 1. The number of hydrogen-bond acceptors (Lipinski definition) is 2. The van der Waals surface area contributed by atoms with Crippen LogP contribution in [0.3, 0.4) is 0 Å². The number of carboxylic acid groups (broad SMARTS) is 1. The van der Waals surface area contributed by atoms with Gasteiger partial charge < -0.3 is 14.8 Å². The Hall–Kier alpha value is -2.46. The monoisotopic (exact) mass is 301 g/mol. The molecule has 2 N–H and O–H groups in total. The second-order valence-corrected chi connectivity index (χ2v) is 5.22. The van der Waals surface area contributed by atoms with Crippen molar-refractivity contribution in [3.05, 3.63) is 58.7 Å². The third-order valence-electron chi connectivity index (χ3n) is 3.49. The van der Waals surface area contributed by atoms with Gasteiger partial charge in [0.05, 0.1) is 11.1 Å². The van der Waals surface area contributed by atoms with Crippen LogP contribution in [0.25, 0.3) is 16.6 Å². The smallest absolute Gasteiger partial charge is 0.338 e. The second-order valence-electron chi connectivity index (χ2n) is 4.78. The Bertz CT molecular complexity index is 850. The van der Waals surface area contributed by atoms with Crippen LogP contribution in [0.2, 0.25) is 5.02 Å². The number of halogens is 1. The number of hydrogen-bond donors (Lipinski definition) is 2. The Labute approximate surface area is 125 Å². The minimum absolute atomic E-state index is 0.0401. The lowest BCUT2D eigenvalue weighted by Gasteiger charge is -2.08. The van der Waals surface area contributed by atoms with E-state index < -0.39 is 5.97 Å². The van der Waals surface area contributed by atoms with E-state index in [0.717, 1.165) is 11.2 Å². The molecule has 3 rings (SSSR count). The van der Waals surface area contributed by atoms with Crippen molar-refractivity contribution in [3.8, 4) is 11.4 Å². The van der Waals surface area contributed by atoms with Crippen molar-refractivity contribution in [2.75, 3.05) is 0 Å². The van der Waals surface area contributed by atoms with Crippen LogP contribution in [0.4, 0.5) is 0 Å². The summed E-state index contributed by atoms with van der Waals surface area (Å²) in [6.45, 7) is 1.75. The van der Waals surface area contributed by atoms with Crippen molar-refractivity contribution in [1.82, 2.24) is 4.57 Å². The van der Waals surface area contributed by atoms with Gasteiger partial charge in [0.2, 0.25) is 0 Å². The lowest BCUT2D eigenvalue weighted by Crippen LogP contribution is -2.01. The van der Waals surface area contributed by atoms with Gasteiger partial charge in [-0.05, 0) is 49.4 Å². The highest BCUT2D eigenvalue weighted by atomic mass is 35.5. The van der Waals surface area contributed by atoms with Crippen molar-refractivity contribution < 1.29 is 15.0 Å². The predicted molar refractivity (Wildman–Crippen MR) is 81.6 cm³/mol. The Morgan fingerprint density at radius 1 is 1.14 bits per heavy atom. The van der Waals surface area contributed by atoms with Gasteiger partial charge in [0.15, 0.2) is 0 Å². The topological polar surface area (TPSA) is 62.5 Å². The zero-order valence-corrected chi connectivity index (χ0v) is 11.9. The molecule has 0 aliphatic heterocycles. The van der Waals surface area contributed by atoms with E-state index in [-0.39, 0.29) is 11.3 Å². The van der Waals surface area contributed by atoms with Crippen LogP contribution in [0.15, 0.2) is 42.5 Å². The standard InChI is InChI=1S/C16H12ClNO3/c1-9-15(16(20)21)13-8-12(19)6-7-14(13)18(9)11-4-2-10(17)3-5-11/h2-8,19H,1H3,(H,20,21). The quantitative estimate of drug-likeness (QED) is 0.752. The predicted octanol–water partition coefficient (Wildman–Crippen LogP) is 4.00. The number of nitrogens with zero attached hydrogens (tertiary/aromatic N) is 1. The average molecular weight is 302 g/mol. The number of fused-ring (bicyclic) bond motifs is 1. The third-order valence-corrected chi connectivity index (χ3v) is 3.74. The van der Waals surface area contributed by atoms with Gasteiger partial charge in [0.1, 0.15) is 5.75 Å². The van der Waals surface area contributed by atoms with Gasteiger partial charge in [-0.2, -0.15) is 0 Å². The fourth-order valence-corrected chi connectivity index (χ4v) is 2.73. The molecule has 0 aliphatic rings. The molecule has 0 fully saturated rings. The molecule has 0 amide bonds. The van der Waals surface area contributed by atoms with Gasteiger partial charge >= 0.3 is 5.97 Å². The van der Waals surface area contributed by atoms with Crippen LogP contribution in [0, 0.1) is 6.92 Å². The van der Waals surface area contributed by atoms with Crippen molar-refractivity contribution in [3.63, 3.8) is 0 Å². The molecule has 0 saturated carbocycles. The average Bonchev–Trinajstić information content (AvgIpc) is 2.71. The molecule has 1 aromatic heterocycles. The van der Waals surface area contributed by atoms with Crippen LogP contribution in [-0.4, -0.2) is 20.7 Å². The van der Waals surface area contributed by atoms with Crippen LogP contribution in [0.1, 0.15) is 16.1 Å². The van der Waals surface area contributed by atoms with Gasteiger partial charge in [-0.15, -0.1) is 0 Å². The number of aromatic nitrogens is 1. The Balaban J connectivity index is 2.40. The Morgan fingerprint density at radius 3 is 2.43 bits per heavy atom. The molecule has 106 valence electrons. The first-order chi connectivity index (χ1) is 9.99. The summed E-state index contributed by atoms with van der Waals surface area (Å²) in [5, 5.41) is 20.2. The summed E-state index contributed by atoms with van der Waals surface area (Å²) in [6.07, 6.45) is 0. The van der Waals surface area contributed by atoms with Gasteiger partial charge in [-0.3, -0.25) is 0 Å². The van der Waals surface area contributed by atoms with Crippen LogP contribution < -0.4 is 0 Å². The Morgan fingerprint density at radius 2 is 1.81 bits per heavy atom. The van der Waals surface area contributed by atoms with E-state index in [0.29, 0.717) is 16.1 Å². The molecule has 1 heterocycles. The minimum atomic E-state index is -1.02. The number of aromatic hydroxyl groups is 1. The molecule has 0 spiro atoms. The van der Waals surface area contributed by atoms with E-state index >= 15 is 0 Å².